The highest BCUT2D eigenvalue weighted by molar-refractivity contribution is 5.99. The molecule has 1 heterocycles. The summed E-state index contributed by atoms with van der Waals surface area (Å²) in [6, 6.07) is 5.58. The number of imidazole rings is 1. The van der Waals surface area contributed by atoms with Gasteiger partial charge in [-0.25, -0.2) is 4.79 Å². The van der Waals surface area contributed by atoms with Crippen molar-refractivity contribution in [3.8, 4) is 0 Å². The predicted octanol–water partition coefficient (Wildman–Crippen LogP) is 2.64. The van der Waals surface area contributed by atoms with Crippen molar-refractivity contribution in [2.45, 2.75) is 32.1 Å². The van der Waals surface area contributed by atoms with Crippen molar-refractivity contribution in [2.24, 2.45) is 20.0 Å². The number of hydrogen-bond donors (Lipinski definition) is 0. The molecule has 3 rings (SSSR count). The van der Waals surface area contributed by atoms with Crippen LogP contribution in [0.4, 0.5) is 0 Å². The van der Waals surface area contributed by atoms with Crippen LogP contribution in [0.5, 0.6) is 0 Å². The number of hydrogen-bond acceptors (Lipinski definition) is 2. The van der Waals surface area contributed by atoms with Crippen LogP contribution < -0.4 is 5.69 Å². The van der Waals surface area contributed by atoms with Crippen LogP contribution in [0.3, 0.4) is 0 Å². The highest BCUT2D eigenvalue weighted by atomic mass is 16.1. The van der Waals surface area contributed by atoms with E-state index in [9.17, 15) is 9.59 Å². The molecule has 0 bridgehead atoms. The molecule has 1 aromatic carbocycles. The zero-order valence-electron chi connectivity index (χ0n) is 12.1. The Labute approximate surface area is 118 Å². The van der Waals surface area contributed by atoms with E-state index in [4.69, 9.17) is 0 Å². The number of aromatic nitrogens is 2. The molecule has 20 heavy (non-hydrogen) atoms. The van der Waals surface area contributed by atoms with Gasteiger partial charge in [0.15, 0.2) is 5.78 Å². The van der Waals surface area contributed by atoms with Crippen LogP contribution in [0, 0.1) is 5.92 Å². The zero-order valence-corrected chi connectivity index (χ0v) is 12.1. The number of carbonyl (C=O) groups is 1. The van der Waals surface area contributed by atoms with E-state index in [0.717, 1.165) is 16.6 Å². The van der Waals surface area contributed by atoms with Gasteiger partial charge in [0.1, 0.15) is 0 Å². The first-order chi connectivity index (χ1) is 9.58. The van der Waals surface area contributed by atoms with Crippen LogP contribution in [0.2, 0.25) is 0 Å². The number of benzene rings is 1. The number of rotatable bonds is 3. The third kappa shape index (κ3) is 2.09. The fourth-order valence-electron chi connectivity index (χ4n) is 3.27. The number of aryl methyl sites for hydroxylation is 2. The Morgan fingerprint density at radius 2 is 1.80 bits per heavy atom. The SMILES string of the molecule is Cn1c(=O)n(C)c2cc(C(=O)CC3CCCC3)ccc21. The summed E-state index contributed by atoms with van der Waals surface area (Å²) in [5.41, 5.74) is 2.37. The Balaban J connectivity index is 1.94. The van der Waals surface area contributed by atoms with Gasteiger partial charge in [0.2, 0.25) is 0 Å². The molecule has 106 valence electrons. The maximum atomic E-state index is 12.4. The van der Waals surface area contributed by atoms with Gasteiger partial charge in [0, 0.05) is 26.1 Å². The molecular formula is C16H20N2O2. The Morgan fingerprint density at radius 3 is 2.50 bits per heavy atom. The Morgan fingerprint density at radius 1 is 1.15 bits per heavy atom. The van der Waals surface area contributed by atoms with Crippen molar-refractivity contribution in [3.05, 3.63) is 34.2 Å². The Kier molecular flexibility index (Phi) is 3.24. The molecule has 4 nitrogen and oxygen atoms in total. The van der Waals surface area contributed by atoms with E-state index in [-0.39, 0.29) is 11.5 Å². The van der Waals surface area contributed by atoms with E-state index in [1.807, 2.05) is 18.2 Å². The largest absolute Gasteiger partial charge is 0.328 e. The molecule has 4 heteroatoms. The normalized spacial score (nSPS) is 16.1. The first kappa shape index (κ1) is 13.2. The molecule has 0 spiro atoms. The van der Waals surface area contributed by atoms with Crippen molar-refractivity contribution < 1.29 is 4.79 Å². The highest BCUT2D eigenvalue weighted by Crippen LogP contribution is 2.29. The zero-order chi connectivity index (χ0) is 14.3. The summed E-state index contributed by atoms with van der Waals surface area (Å²) in [6.45, 7) is 0. The fourth-order valence-corrected chi connectivity index (χ4v) is 3.27. The van der Waals surface area contributed by atoms with Gasteiger partial charge >= 0.3 is 5.69 Å². The number of nitrogens with zero attached hydrogens (tertiary/aromatic N) is 2. The number of Topliss-reactive ketones (excluding diaryl/α,β-unsaturated/α-hetero) is 1. The second-order valence-electron chi connectivity index (χ2n) is 5.88. The van der Waals surface area contributed by atoms with Gasteiger partial charge in [-0.15, -0.1) is 0 Å². The lowest BCUT2D eigenvalue weighted by Gasteiger charge is -2.08. The lowest BCUT2D eigenvalue weighted by atomic mass is 9.97. The van der Waals surface area contributed by atoms with Crippen LogP contribution >= 0.6 is 0 Å². The minimum Gasteiger partial charge on any atom is -0.295 e. The van der Waals surface area contributed by atoms with E-state index in [2.05, 4.69) is 0 Å². The molecule has 1 aliphatic carbocycles. The summed E-state index contributed by atoms with van der Waals surface area (Å²) in [5.74, 6) is 0.757. The molecule has 0 radical (unpaired) electrons. The molecule has 1 aromatic heterocycles. The van der Waals surface area contributed by atoms with Crippen molar-refractivity contribution in [2.75, 3.05) is 0 Å². The molecule has 1 fully saturated rings. The van der Waals surface area contributed by atoms with E-state index in [0.29, 0.717) is 12.3 Å². The minimum absolute atomic E-state index is 0.0552. The number of ketones is 1. The third-order valence-electron chi connectivity index (χ3n) is 4.54. The van der Waals surface area contributed by atoms with E-state index >= 15 is 0 Å². The lowest BCUT2D eigenvalue weighted by molar-refractivity contribution is 0.0962. The minimum atomic E-state index is -0.0552. The van der Waals surface area contributed by atoms with E-state index < -0.39 is 0 Å². The first-order valence-electron chi connectivity index (χ1n) is 7.26. The average molecular weight is 272 g/mol. The Hall–Kier alpha value is -1.84. The predicted molar refractivity (Wildman–Crippen MR) is 79.1 cm³/mol. The number of carbonyl (C=O) groups excluding carboxylic acids is 1. The molecule has 1 saturated carbocycles. The van der Waals surface area contributed by atoms with Crippen LogP contribution in [0.1, 0.15) is 42.5 Å². The smallest absolute Gasteiger partial charge is 0.295 e. The topological polar surface area (TPSA) is 44.0 Å². The average Bonchev–Trinajstić information content (AvgIpc) is 3.03. The van der Waals surface area contributed by atoms with Crippen molar-refractivity contribution in [3.63, 3.8) is 0 Å². The second kappa shape index (κ2) is 4.93. The van der Waals surface area contributed by atoms with Gasteiger partial charge in [-0.3, -0.25) is 13.9 Å². The molecule has 2 aromatic rings. The standard InChI is InChI=1S/C16H20N2O2/c1-17-13-8-7-12(10-14(13)18(2)16(17)20)15(19)9-11-5-3-4-6-11/h7-8,10-11H,3-6,9H2,1-2H3. The lowest BCUT2D eigenvalue weighted by Crippen LogP contribution is -2.19. The molecule has 0 unspecified atom stereocenters. The van der Waals surface area contributed by atoms with E-state index in [1.54, 1.807) is 23.2 Å². The van der Waals surface area contributed by atoms with Crippen molar-refractivity contribution in [1.29, 1.82) is 0 Å². The molecule has 0 aliphatic heterocycles. The quantitative estimate of drug-likeness (QED) is 0.806. The summed E-state index contributed by atoms with van der Waals surface area (Å²) in [4.78, 5) is 24.2. The van der Waals surface area contributed by atoms with Gasteiger partial charge in [0.05, 0.1) is 11.0 Å². The molecular weight excluding hydrogens is 252 g/mol. The van der Waals surface area contributed by atoms with Crippen LogP contribution in [-0.4, -0.2) is 14.9 Å². The molecule has 1 aliphatic rings. The number of fused-ring (bicyclic) bond motifs is 1. The van der Waals surface area contributed by atoms with Crippen LogP contribution in [-0.2, 0) is 14.1 Å². The highest BCUT2D eigenvalue weighted by Gasteiger charge is 2.20. The molecule has 0 atom stereocenters. The summed E-state index contributed by atoms with van der Waals surface area (Å²) in [6.07, 6.45) is 5.51. The maximum Gasteiger partial charge on any atom is 0.328 e. The third-order valence-corrected chi connectivity index (χ3v) is 4.54. The second-order valence-corrected chi connectivity index (χ2v) is 5.88. The Bertz CT molecular complexity index is 718. The van der Waals surface area contributed by atoms with Gasteiger partial charge in [0.25, 0.3) is 0 Å². The maximum absolute atomic E-state index is 12.4. The van der Waals surface area contributed by atoms with Gasteiger partial charge < -0.3 is 0 Å². The van der Waals surface area contributed by atoms with Crippen LogP contribution in [0.25, 0.3) is 11.0 Å². The summed E-state index contributed by atoms with van der Waals surface area (Å²) < 4.78 is 3.21. The van der Waals surface area contributed by atoms with E-state index in [1.165, 1.54) is 25.7 Å². The summed E-state index contributed by atoms with van der Waals surface area (Å²) in [5, 5.41) is 0. The van der Waals surface area contributed by atoms with Gasteiger partial charge in [-0.05, 0) is 24.1 Å². The van der Waals surface area contributed by atoms with Crippen LogP contribution in [0.15, 0.2) is 23.0 Å². The fraction of sp³-hybridized carbons (Fsp3) is 0.500. The van der Waals surface area contributed by atoms with Gasteiger partial charge in [-0.2, -0.15) is 0 Å². The van der Waals surface area contributed by atoms with Crippen molar-refractivity contribution >= 4 is 16.8 Å². The first-order valence-corrected chi connectivity index (χ1v) is 7.26. The summed E-state index contributed by atoms with van der Waals surface area (Å²) >= 11 is 0. The molecule has 0 amide bonds. The monoisotopic (exact) mass is 272 g/mol. The molecule has 0 saturated heterocycles. The summed E-state index contributed by atoms with van der Waals surface area (Å²) in [7, 11) is 3.50. The van der Waals surface area contributed by atoms with Crippen molar-refractivity contribution in [1.82, 2.24) is 9.13 Å². The molecule has 0 N–H and O–H groups in total. The van der Waals surface area contributed by atoms with Gasteiger partial charge in [-0.1, -0.05) is 25.7 Å².